The lowest BCUT2D eigenvalue weighted by Gasteiger charge is -2.30. The summed E-state index contributed by atoms with van der Waals surface area (Å²) in [5.74, 6) is -0.213. The van der Waals surface area contributed by atoms with Gasteiger partial charge in [-0.15, -0.1) is 11.3 Å². The van der Waals surface area contributed by atoms with Crippen molar-refractivity contribution in [1.82, 2.24) is 10.3 Å². The van der Waals surface area contributed by atoms with E-state index in [0.29, 0.717) is 6.42 Å². The van der Waals surface area contributed by atoms with Crippen molar-refractivity contribution in [1.29, 1.82) is 0 Å². The lowest BCUT2D eigenvalue weighted by molar-refractivity contribution is -0.143. The first-order valence-electron chi connectivity index (χ1n) is 9.08. The maximum absolute atomic E-state index is 12.4. The van der Waals surface area contributed by atoms with E-state index in [4.69, 9.17) is 4.74 Å². The van der Waals surface area contributed by atoms with Crippen LogP contribution in [-0.4, -0.2) is 24.1 Å². The summed E-state index contributed by atoms with van der Waals surface area (Å²) in [7, 11) is 1.45. The normalized spacial score (nSPS) is 19.3. The summed E-state index contributed by atoms with van der Waals surface area (Å²) in [5, 5.41) is 6.01. The van der Waals surface area contributed by atoms with Crippen molar-refractivity contribution in [3.8, 4) is 0 Å². The molecule has 0 amide bonds. The molecule has 2 aromatic carbocycles. The van der Waals surface area contributed by atoms with Gasteiger partial charge in [0.1, 0.15) is 6.04 Å². The maximum Gasteiger partial charge on any atom is 0.323 e. The molecular weight excluding hydrogens is 356 g/mol. The third-order valence-corrected chi connectivity index (χ3v) is 6.88. The standard InChI is InChI=1S/C22H20N2O2S/c1-12-13-7-4-6-10-18(13)27-21(12)20-19-15(11-17(24-20)22(25)26-2)14-8-3-5-9-16(14)23-19/h3-10,17,20,23-24H,11H2,1-2H3/t17-,20+/m0/s1. The van der Waals surface area contributed by atoms with Crippen LogP contribution in [0.2, 0.25) is 0 Å². The Bertz CT molecular complexity index is 1170. The van der Waals surface area contributed by atoms with Gasteiger partial charge in [-0.2, -0.15) is 0 Å². The zero-order chi connectivity index (χ0) is 18.5. The van der Waals surface area contributed by atoms with Crippen LogP contribution >= 0.6 is 11.3 Å². The van der Waals surface area contributed by atoms with Crippen molar-refractivity contribution in [2.24, 2.45) is 0 Å². The molecule has 4 aromatic rings. The Hall–Kier alpha value is -2.63. The van der Waals surface area contributed by atoms with Crippen LogP contribution in [0.5, 0.6) is 0 Å². The van der Waals surface area contributed by atoms with Gasteiger partial charge in [0.2, 0.25) is 0 Å². The largest absolute Gasteiger partial charge is 0.468 e. The van der Waals surface area contributed by atoms with Gasteiger partial charge in [-0.3, -0.25) is 10.1 Å². The van der Waals surface area contributed by atoms with Crippen LogP contribution in [0.4, 0.5) is 0 Å². The minimum atomic E-state index is -0.351. The maximum atomic E-state index is 12.4. The van der Waals surface area contributed by atoms with Gasteiger partial charge in [0.25, 0.3) is 0 Å². The Morgan fingerprint density at radius 3 is 2.63 bits per heavy atom. The molecule has 2 atom stereocenters. The average molecular weight is 376 g/mol. The molecule has 2 N–H and O–H groups in total. The second-order valence-corrected chi connectivity index (χ2v) is 8.11. The third-order valence-electron chi connectivity index (χ3n) is 5.54. The van der Waals surface area contributed by atoms with Crippen LogP contribution in [0.25, 0.3) is 21.0 Å². The number of methoxy groups -OCH3 is 1. The number of aromatic amines is 1. The number of thiophene rings is 1. The quantitative estimate of drug-likeness (QED) is 0.508. The van der Waals surface area contributed by atoms with E-state index in [1.54, 1.807) is 11.3 Å². The van der Waals surface area contributed by atoms with Gasteiger partial charge in [-0.25, -0.2) is 0 Å². The van der Waals surface area contributed by atoms with Gasteiger partial charge in [0.15, 0.2) is 0 Å². The van der Waals surface area contributed by atoms with E-state index < -0.39 is 0 Å². The zero-order valence-electron chi connectivity index (χ0n) is 15.2. The van der Waals surface area contributed by atoms with E-state index in [9.17, 15) is 4.79 Å². The molecule has 1 aliphatic rings. The van der Waals surface area contributed by atoms with Gasteiger partial charge in [-0.05, 0) is 35.6 Å². The SMILES string of the molecule is COC(=O)[C@@H]1Cc2c([nH]c3ccccc23)[C@H](c2sc3ccccc3c2C)N1. The molecule has 0 spiro atoms. The number of carbonyl (C=O) groups excluding carboxylic acids is 1. The predicted octanol–water partition coefficient (Wildman–Crippen LogP) is 4.47. The zero-order valence-corrected chi connectivity index (χ0v) is 16.0. The molecule has 5 heteroatoms. The van der Waals surface area contributed by atoms with Gasteiger partial charge in [0.05, 0.1) is 13.2 Å². The number of rotatable bonds is 2. The predicted molar refractivity (Wildman–Crippen MR) is 109 cm³/mol. The number of nitrogens with one attached hydrogen (secondary N) is 2. The van der Waals surface area contributed by atoms with Crippen LogP contribution in [-0.2, 0) is 16.0 Å². The third kappa shape index (κ3) is 2.50. The van der Waals surface area contributed by atoms with Gasteiger partial charge in [0, 0.05) is 32.6 Å². The van der Waals surface area contributed by atoms with Gasteiger partial charge in [-0.1, -0.05) is 36.4 Å². The molecule has 3 heterocycles. The van der Waals surface area contributed by atoms with E-state index in [2.05, 4.69) is 53.6 Å². The number of aryl methyl sites for hydroxylation is 1. The van der Waals surface area contributed by atoms with E-state index >= 15 is 0 Å². The fourth-order valence-electron chi connectivity index (χ4n) is 4.20. The Labute approximate surface area is 161 Å². The number of ether oxygens (including phenoxy) is 1. The molecule has 0 saturated heterocycles. The van der Waals surface area contributed by atoms with Crippen molar-refractivity contribution < 1.29 is 9.53 Å². The summed E-state index contributed by atoms with van der Waals surface area (Å²) in [6.07, 6.45) is 0.631. The van der Waals surface area contributed by atoms with Crippen molar-refractivity contribution in [2.75, 3.05) is 7.11 Å². The number of H-pyrrole nitrogens is 1. The van der Waals surface area contributed by atoms with Crippen LogP contribution in [0, 0.1) is 6.92 Å². The smallest absolute Gasteiger partial charge is 0.323 e. The molecule has 5 rings (SSSR count). The summed E-state index contributed by atoms with van der Waals surface area (Å²) < 4.78 is 6.33. The number of hydrogen-bond acceptors (Lipinski definition) is 4. The van der Waals surface area contributed by atoms with Crippen molar-refractivity contribution in [2.45, 2.75) is 25.4 Å². The van der Waals surface area contributed by atoms with E-state index in [1.165, 1.54) is 38.6 Å². The van der Waals surface area contributed by atoms with Crippen molar-refractivity contribution >= 4 is 38.3 Å². The number of benzene rings is 2. The van der Waals surface area contributed by atoms with Crippen molar-refractivity contribution in [3.63, 3.8) is 0 Å². The van der Waals surface area contributed by atoms with E-state index in [1.807, 2.05) is 12.1 Å². The van der Waals surface area contributed by atoms with Crippen LogP contribution in [0.3, 0.4) is 0 Å². The van der Waals surface area contributed by atoms with Crippen LogP contribution in [0.1, 0.15) is 27.7 Å². The van der Waals surface area contributed by atoms with Gasteiger partial charge < -0.3 is 9.72 Å². The highest BCUT2D eigenvalue weighted by molar-refractivity contribution is 7.19. The Balaban J connectivity index is 1.73. The number of fused-ring (bicyclic) bond motifs is 4. The fraction of sp³-hybridized carbons (Fsp3) is 0.227. The first-order valence-corrected chi connectivity index (χ1v) is 9.90. The van der Waals surface area contributed by atoms with Gasteiger partial charge >= 0.3 is 5.97 Å². The Morgan fingerprint density at radius 1 is 1.11 bits per heavy atom. The lowest BCUT2D eigenvalue weighted by atomic mass is 9.92. The second kappa shape index (κ2) is 6.22. The first kappa shape index (κ1) is 16.5. The number of para-hydroxylation sites is 1. The van der Waals surface area contributed by atoms with Crippen LogP contribution < -0.4 is 5.32 Å². The van der Waals surface area contributed by atoms with E-state index in [0.717, 1.165) is 11.2 Å². The summed E-state index contributed by atoms with van der Waals surface area (Å²) in [6.45, 7) is 2.17. The molecule has 0 radical (unpaired) electrons. The first-order chi connectivity index (χ1) is 13.2. The number of hydrogen-bond donors (Lipinski definition) is 2. The van der Waals surface area contributed by atoms with Crippen molar-refractivity contribution in [3.05, 3.63) is 70.2 Å². The monoisotopic (exact) mass is 376 g/mol. The lowest BCUT2D eigenvalue weighted by Crippen LogP contribution is -2.45. The number of aromatic nitrogens is 1. The average Bonchev–Trinajstić information content (AvgIpc) is 3.25. The van der Waals surface area contributed by atoms with E-state index in [-0.39, 0.29) is 18.1 Å². The number of esters is 1. The minimum Gasteiger partial charge on any atom is -0.468 e. The molecule has 4 nitrogen and oxygen atoms in total. The minimum absolute atomic E-state index is 0.0531. The molecule has 0 unspecified atom stereocenters. The fourth-order valence-corrected chi connectivity index (χ4v) is 5.49. The topological polar surface area (TPSA) is 54.1 Å². The molecule has 2 aromatic heterocycles. The molecule has 27 heavy (non-hydrogen) atoms. The second-order valence-electron chi connectivity index (χ2n) is 7.03. The molecule has 136 valence electrons. The van der Waals surface area contributed by atoms with Crippen LogP contribution in [0.15, 0.2) is 48.5 Å². The number of carbonyl (C=O) groups is 1. The molecule has 0 bridgehead atoms. The molecule has 0 aliphatic carbocycles. The summed E-state index contributed by atoms with van der Waals surface area (Å²) >= 11 is 1.79. The molecule has 1 aliphatic heterocycles. The summed E-state index contributed by atoms with van der Waals surface area (Å²) in [5.41, 5.74) is 4.74. The Kier molecular flexibility index (Phi) is 3.81. The highest BCUT2D eigenvalue weighted by Gasteiger charge is 2.36. The highest BCUT2D eigenvalue weighted by atomic mass is 32.1. The molecule has 0 saturated carbocycles. The molecule has 0 fully saturated rings. The summed E-state index contributed by atoms with van der Waals surface area (Å²) in [6, 6.07) is 16.4. The summed E-state index contributed by atoms with van der Waals surface area (Å²) in [4.78, 5) is 17.2. The Morgan fingerprint density at radius 2 is 1.85 bits per heavy atom. The highest BCUT2D eigenvalue weighted by Crippen LogP contribution is 2.41. The molecular formula is C22H20N2O2S.